The lowest BCUT2D eigenvalue weighted by atomic mass is 10.3. The van der Waals surface area contributed by atoms with Gasteiger partial charge >= 0.3 is 11.7 Å². The molecule has 0 aromatic carbocycles. The van der Waals surface area contributed by atoms with Crippen molar-refractivity contribution in [3.63, 3.8) is 0 Å². The molecule has 1 aromatic heterocycles. The number of carboxylic acid groups (broad SMARTS) is 1. The Labute approximate surface area is 108 Å². The third kappa shape index (κ3) is 3.41. The molecule has 0 aliphatic carbocycles. The summed E-state index contributed by atoms with van der Waals surface area (Å²) in [4.78, 5) is 25.5. The average molecular weight is 260 g/mol. The minimum atomic E-state index is -1.13. The monoisotopic (exact) mass is 260 g/mol. The van der Waals surface area contributed by atoms with Crippen LogP contribution in [0.15, 0.2) is 12.1 Å². The van der Waals surface area contributed by atoms with Crippen LogP contribution in [0.1, 0.15) is 5.69 Å². The molecule has 0 saturated carbocycles. The average Bonchev–Trinajstić information content (AvgIpc) is 2.36. The van der Waals surface area contributed by atoms with Crippen LogP contribution in [0.25, 0.3) is 0 Å². The summed E-state index contributed by atoms with van der Waals surface area (Å²) in [6.07, 6.45) is 5.11. The molecule has 96 valence electrons. The van der Waals surface area contributed by atoms with Crippen molar-refractivity contribution in [1.29, 1.82) is 5.26 Å². The van der Waals surface area contributed by atoms with Crippen molar-refractivity contribution in [2.24, 2.45) is 0 Å². The second-order valence-electron chi connectivity index (χ2n) is 3.36. The molecule has 1 N–H and O–H groups in total. The van der Waals surface area contributed by atoms with Gasteiger partial charge in [-0.2, -0.15) is 5.26 Å². The predicted molar refractivity (Wildman–Crippen MR) is 64.3 cm³/mol. The number of terminal acetylenes is 1. The van der Waals surface area contributed by atoms with E-state index in [0.717, 1.165) is 6.07 Å². The van der Waals surface area contributed by atoms with Crippen molar-refractivity contribution in [3.8, 4) is 18.4 Å². The number of carboxylic acids is 1. The Bertz CT molecular complexity index is 600. The number of aliphatic carboxylic acids is 1. The van der Waals surface area contributed by atoms with Crippen molar-refractivity contribution in [1.82, 2.24) is 4.98 Å². The standard InChI is InChI=1S/C11H8N4O4/c1-2-5-14(7-11(16)17)10-4-3-9(15(18)19)8(6-12)13-10/h1,3-4H,5,7H2,(H,16,17). The Balaban J connectivity index is 3.19. The second kappa shape index (κ2) is 5.98. The smallest absolute Gasteiger partial charge is 0.323 e. The van der Waals surface area contributed by atoms with Gasteiger partial charge in [0.05, 0.1) is 11.5 Å². The fourth-order valence-electron chi connectivity index (χ4n) is 1.34. The zero-order chi connectivity index (χ0) is 14.4. The maximum absolute atomic E-state index is 10.7. The van der Waals surface area contributed by atoms with Crippen LogP contribution in [0.3, 0.4) is 0 Å². The van der Waals surface area contributed by atoms with Crippen molar-refractivity contribution in [3.05, 3.63) is 27.9 Å². The van der Waals surface area contributed by atoms with E-state index in [-0.39, 0.29) is 12.4 Å². The zero-order valence-electron chi connectivity index (χ0n) is 9.61. The summed E-state index contributed by atoms with van der Waals surface area (Å²) in [7, 11) is 0. The van der Waals surface area contributed by atoms with E-state index in [1.165, 1.54) is 11.0 Å². The van der Waals surface area contributed by atoms with Gasteiger partial charge in [0.1, 0.15) is 18.4 Å². The third-order valence-electron chi connectivity index (χ3n) is 2.09. The molecule has 0 fully saturated rings. The summed E-state index contributed by atoms with van der Waals surface area (Å²) in [6.45, 7) is -0.456. The molecule has 0 aliphatic rings. The van der Waals surface area contributed by atoms with Gasteiger partial charge in [0.2, 0.25) is 5.69 Å². The Morgan fingerprint density at radius 2 is 2.32 bits per heavy atom. The molecule has 0 spiro atoms. The van der Waals surface area contributed by atoms with Crippen molar-refractivity contribution in [2.75, 3.05) is 18.0 Å². The molecule has 0 bridgehead atoms. The van der Waals surface area contributed by atoms with Crippen LogP contribution in [-0.4, -0.2) is 34.1 Å². The minimum Gasteiger partial charge on any atom is -0.480 e. The van der Waals surface area contributed by atoms with E-state index < -0.39 is 28.8 Å². The zero-order valence-corrected chi connectivity index (χ0v) is 9.61. The van der Waals surface area contributed by atoms with Gasteiger partial charge in [-0.15, -0.1) is 6.42 Å². The highest BCUT2D eigenvalue weighted by Crippen LogP contribution is 2.20. The lowest BCUT2D eigenvalue weighted by Gasteiger charge is -2.18. The SMILES string of the molecule is C#CCN(CC(=O)O)c1ccc([N+](=O)[O-])c(C#N)n1. The molecule has 0 amide bonds. The first-order valence-corrected chi connectivity index (χ1v) is 4.95. The molecule has 0 aliphatic heterocycles. The van der Waals surface area contributed by atoms with E-state index in [0.29, 0.717) is 0 Å². The Morgan fingerprint density at radius 1 is 1.63 bits per heavy atom. The molecule has 1 heterocycles. The summed E-state index contributed by atoms with van der Waals surface area (Å²) in [6, 6.07) is 3.93. The van der Waals surface area contributed by atoms with Gasteiger partial charge in [-0.1, -0.05) is 5.92 Å². The van der Waals surface area contributed by atoms with Gasteiger partial charge in [-0.25, -0.2) is 4.98 Å². The second-order valence-corrected chi connectivity index (χ2v) is 3.36. The van der Waals surface area contributed by atoms with E-state index in [1.807, 2.05) is 0 Å². The lowest BCUT2D eigenvalue weighted by molar-refractivity contribution is -0.385. The Morgan fingerprint density at radius 3 is 2.79 bits per heavy atom. The van der Waals surface area contributed by atoms with Gasteiger partial charge in [0, 0.05) is 6.07 Å². The third-order valence-corrected chi connectivity index (χ3v) is 2.09. The van der Waals surface area contributed by atoms with E-state index in [4.69, 9.17) is 16.8 Å². The minimum absolute atomic E-state index is 0.0397. The van der Waals surface area contributed by atoms with Crippen LogP contribution >= 0.6 is 0 Å². The van der Waals surface area contributed by atoms with Gasteiger partial charge in [0.25, 0.3) is 0 Å². The number of rotatable bonds is 5. The maximum atomic E-state index is 10.7. The van der Waals surface area contributed by atoms with Crippen LogP contribution in [-0.2, 0) is 4.79 Å². The predicted octanol–water partition coefficient (Wildman–Crippen LogP) is 0.386. The number of aromatic nitrogens is 1. The molecule has 0 unspecified atom stereocenters. The normalized spacial score (nSPS) is 9.16. The summed E-state index contributed by atoms with van der Waals surface area (Å²) < 4.78 is 0. The van der Waals surface area contributed by atoms with E-state index in [9.17, 15) is 14.9 Å². The molecule has 0 radical (unpaired) electrons. The molecular formula is C11H8N4O4. The van der Waals surface area contributed by atoms with Crippen molar-refractivity contribution < 1.29 is 14.8 Å². The summed E-state index contributed by atoms with van der Waals surface area (Å²) in [5.74, 6) is 1.22. The molecule has 0 saturated heterocycles. The lowest BCUT2D eigenvalue weighted by Crippen LogP contribution is -2.30. The highest BCUT2D eigenvalue weighted by molar-refractivity contribution is 5.73. The summed E-state index contributed by atoms with van der Waals surface area (Å²) in [5.41, 5.74) is -0.836. The maximum Gasteiger partial charge on any atom is 0.323 e. The number of nitriles is 1. The molecule has 1 rings (SSSR count). The number of hydrogen-bond acceptors (Lipinski definition) is 6. The summed E-state index contributed by atoms with van der Waals surface area (Å²) in [5, 5.41) is 28.2. The Kier molecular flexibility index (Phi) is 4.39. The Hall–Kier alpha value is -3.13. The van der Waals surface area contributed by atoms with E-state index in [1.54, 1.807) is 6.07 Å². The first-order chi connectivity index (χ1) is 8.99. The van der Waals surface area contributed by atoms with Crippen LogP contribution in [0.4, 0.5) is 11.5 Å². The quantitative estimate of drug-likeness (QED) is 0.461. The van der Waals surface area contributed by atoms with Gasteiger partial charge < -0.3 is 10.0 Å². The highest BCUT2D eigenvalue weighted by atomic mass is 16.6. The largest absolute Gasteiger partial charge is 0.480 e. The van der Waals surface area contributed by atoms with Crippen molar-refractivity contribution >= 4 is 17.5 Å². The van der Waals surface area contributed by atoms with Gasteiger partial charge in [-0.05, 0) is 6.07 Å². The number of carbonyl (C=O) groups is 1. The van der Waals surface area contributed by atoms with Crippen molar-refractivity contribution in [2.45, 2.75) is 0 Å². The molecular weight excluding hydrogens is 252 g/mol. The molecule has 0 atom stereocenters. The topological polar surface area (TPSA) is 120 Å². The summed E-state index contributed by atoms with van der Waals surface area (Å²) >= 11 is 0. The first kappa shape index (κ1) is 13.9. The number of anilines is 1. The number of pyridine rings is 1. The van der Waals surface area contributed by atoms with Crippen LogP contribution in [0.5, 0.6) is 0 Å². The van der Waals surface area contributed by atoms with Gasteiger partial charge in [0.15, 0.2) is 0 Å². The molecule has 1 aromatic rings. The van der Waals surface area contributed by atoms with Crippen LogP contribution in [0.2, 0.25) is 0 Å². The van der Waals surface area contributed by atoms with E-state index >= 15 is 0 Å². The molecule has 8 nitrogen and oxygen atoms in total. The number of nitro groups is 1. The fraction of sp³-hybridized carbons (Fsp3) is 0.182. The van der Waals surface area contributed by atoms with Crippen LogP contribution in [0, 0.1) is 33.8 Å². The van der Waals surface area contributed by atoms with Gasteiger partial charge in [-0.3, -0.25) is 14.9 Å². The number of nitrogens with zero attached hydrogens (tertiary/aromatic N) is 4. The highest BCUT2D eigenvalue weighted by Gasteiger charge is 2.18. The van der Waals surface area contributed by atoms with Crippen LogP contribution < -0.4 is 4.90 Å². The number of hydrogen-bond donors (Lipinski definition) is 1. The molecule has 19 heavy (non-hydrogen) atoms. The fourth-order valence-corrected chi connectivity index (χ4v) is 1.34. The van der Waals surface area contributed by atoms with E-state index in [2.05, 4.69) is 10.9 Å². The molecule has 8 heteroatoms. The first-order valence-electron chi connectivity index (χ1n) is 4.95.